The highest BCUT2D eigenvalue weighted by atomic mass is 32.2. The number of hydrogen-bond donors (Lipinski definition) is 1. The SMILES string of the molecule is CC(C)S(=O)(=O)Cc1cn(C)c2ccc(CN)cc12. The molecule has 0 unspecified atom stereocenters. The molecule has 0 saturated heterocycles. The molecule has 2 aromatic rings. The van der Waals surface area contributed by atoms with E-state index < -0.39 is 9.84 Å². The summed E-state index contributed by atoms with van der Waals surface area (Å²) in [7, 11) is -1.17. The molecule has 0 saturated carbocycles. The van der Waals surface area contributed by atoms with Gasteiger partial charge in [-0.3, -0.25) is 0 Å². The molecule has 0 bridgehead atoms. The average Bonchev–Trinajstić information content (AvgIpc) is 2.65. The predicted octanol–water partition coefficient (Wildman–Crippen LogP) is 1.96. The summed E-state index contributed by atoms with van der Waals surface area (Å²) in [6.07, 6.45) is 1.89. The van der Waals surface area contributed by atoms with Gasteiger partial charge in [-0.15, -0.1) is 0 Å². The zero-order valence-electron chi connectivity index (χ0n) is 11.6. The Balaban J connectivity index is 2.55. The smallest absolute Gasteiger partial charge is 0.156 e. The Morgan fingerprint density at radius 3 is 2.58 bits per heavy atom. The fourth-order valence-electron chi connectivity index (χ4n) is 2.15. The van der Waals surface area contributed by atoms with Gasteiger partial charge in [0.2, 0.25) is 0 Å². The van der Waals surface area contributed by atoms with Gasteiger partial charge in [0.1, 0.15) is 0 Å². The molecule has 0 aliphatic heterocycles. The molecule has 0 aliphatic carbocycles. The molecular formula is C14H20N2O2S. The van der Waals surface area contributed by atoms with Crippen LogP contribution in [0.4, 0.5) is 0 Å². The summed E-state index contributed by atoms with van der Waals surface area (Å²) in [6, 6.07) is 5.95. The van der Waals surface area contributed by atoms with E-state index in [-0.39, 0.29) is 11.0 Å². The van der Waals surface area contributed by atoms with Crippen molar-refractivity contribution in [3.05, 3.63) is 35.5 Å². The summed E-state index contributed by atoms with van der Waals surface area (Å²) < 4.78 is 26.1. The molecule has 104 valence electrons. The van der Waals surface area contributed by atoms with Crippen LogP contribution >= 0.6 is 0 Å². The number of nitrogens with zero attached hydrogens (tertiary/aromatic N) is 1. The number of aryl methyl sites for hydroxylation is 1. The minimum Gasteiger partial charge on any atom is -0.350 e. The van der Waals surface area contributed by atoms with Crippen molar-refractivity contribution in [3.8, 4) is 0 Å². The van der Waals surface area contributed by atoms with Crippen molar-refractivity contribution in [3.63, 3.8) is 0 Å². The molecule has 19 heavy (non-hydrogen) atoms. The molecule has 1 heterocycles. The molecule has 0 spiro atoms. The first-order valence-electron chi connectivity index (χ1n) is 6.33. The molecule has 2 N–H and O–H groups in total. The van der Waals surface area contributed by atoms with Gasteiger partial charge in [0.05, 0.1) is 11.0 Å². The highest BCUT2D eigenvalue weighted by Gasteiger charge is 2.19. The predicted molar refractivity (Wildman–Crippen MR) is 78.6 cm³/mol. The monoisotopic (exact) mass is 280 g/mol. The third kappa shape index (κ3) is 2.67. The normalized spacial score (nSPS) is 12.5. The van der Waals surface area contributed by atoms with Crippen molar-refractivity contribution < 1.29 is 8.42 Å². The fourth-order valence-corrected chi connectivity index (χ4v) is 3.14. The molecule has 2 rings (SSSR count). The Kier molecular flexibility index (Phi) is 3.69. The summed E-state index contributed by atoms with van der Waals surface area (Å²) >= 11 is 0. The maximum atomic E-state index is 12.1. The van der Waals surface area contributed by atoms with Crippen molar-refractivity contribution in [2.45, 2.75) is 31.4 Å². The van der Waals surface area contributed by atoms with E-state index >= 15 is 0 Å². The minimum atomic E-state index is -3.09. The first kappa shape index (κ1) is 14.1. The average molecular weight is 280 g/mol. The third-order valence-corrected chi connectivity index (χ3v) is 5.60. The van der Waals surface area contributed by atoms with Gasteiger partial charge in [-0.05, 0) is 37.1 Å². The molecule has 1 aromatic heterocycles. The molecule has 0 atom stereocenters. The van der Waals surface area contributed by atoms with Crippen molar-refractivity contribution in [2.24, 2.45) is 12.8 Å². The largest absolute Gasteiger partial charge is 0.350 e. The molecule has 0 aliphatic rings. The Labute approximate surface area is 114 Å². The Bertz CT molecular complexity index is 700. The van der Waals surface area contributed by atoms with Gasteiger partial charge in [0, 0.05) is 30.7 Å². The van der Waals surface area contributed by atoms with E-state index in [0.717, 1.165) is 22.0 Å². The van der Waals surface area contributed by atoms with Crippen LogP contribution < -0.4 is 5.73 Å². The molecule has 0 fully saturated rings. The number of rotatable bonds is 4. The lowest BCUT2D eigenvalue weighted by Gasteiger charge is -2.07. The minimum absolute atomic E-state index is 0.0794. The van der Waals surface area contributed by atoms with E-state index in [0.29, 0.717) is 6.54 Å². The first-order chi connectivity index (χ1) is 8.85. The number of nitrogens with two attached hydrogens (primary N) is 1. The standard InChI is InChI=1S/C14H20N2O2S/c1-10(2)19(17,18)9-12-8-16(3)14-5-4-11(7-15)6-13(12)14/h4-6,8,10H,7,9,15H2,1-3H3. The first-order valence-corrected chi connectivity index (χ1v) is 8.05. The second-order valence-corrected chi connectivity index (χ2v) is 7.73. The van der Waals surface area contributed by atoms with E-state index in [2.05, 4.69) is 0 Å². The molecule has 4 nitrogen and oxygen atoms in total. The van der Waals surface area contributed by atoms with Crippen LogP contribution in [-0.2, 0) is 29.2 Å². The summed E-state index contributed by atoms with van der Waals surface area (Å²) in [5.74, 6) is 0.0794. The van der Waals surface area contributed by atoms with Crippen molar-refractivity contribution >= 4 is 20.7 Å². The zero-order chi connectivity index (χ0) is 14.2. The topological polar surface area (TPSA) is 65.1 Å². The number of aromatic nitrogens is 1. The molecule has 0 amide bonds. The molecule has 0 radical (unpaired) electrons. The number of sulfone groups is 1. The zero-order valence-corrected chi connectivity index (χ0v) is 12.4. The summed E-state index contributed by atoms with van der Waals surface area (Å²) in [5.41, 5.74) is 8.55. The van der Waals surface area contributed by atoms with Gasteiger partial charge in [-0.2, -0.15) is 0 Å². The highest BCUT2D eigenvalue weighted by Crippen LogP contribution is 2.24. The van der Waals surface area contributed by atoms with Crippen LogP contribution in [0, 0.1) is 0 Å². The summed E-state index contributed by atoms with van der Waals surface area (Å²) in [5, 5.41) is 0.620. The third-order valence-electron chi connectivity index (χ3n) is 3.45. The van der Waals surface area contributed by atoms with Crippen molar-refractivity contribution in [1.82, 2.24) is 4.57 Å². The van der Waals surface area contributed by atoms with Crippen molar-refractivity contribution in [2.75, 3.05) is 0 Å². The second-order valence-electron chi connectivity index (χ2n) is 5.18. The Morgan fingerprint density at radius 2 is 2.00 bits per heavy atom. The lowest BCUT2D eigenvalue weighted by molar-refractivity contribution is 0.586. The van der Waals surface area contributed by atoms with Gasteiger partial charge in [-0.1, -0.05) is 6.07 Å². The number of fused-ring (bicyclic) bond motifs is 1. The lowest BCUT2D eigenvalue weighted by atomic mass is 10.1. The van der Waals surface area contributed by atoms with E-state index in [1.54, 1.807) is 13.8 Å². The Hall–Kier alpha value is -1.33. The van der Waals surface area contributed by atoms with E-state index in [4.69, 9.17) is 5.73 Å². The maximum Gasteiger partial charge on any atom is 0.156 e. The number of benzene rings is 1. The van der Waals surface area contributed by atoms with Gasteiger partial charge < -0.3 is 10.3 Å². The van der Waals surface area contributed by atoms with Gasteiger partial charge in [-0.25, -0.2) is 8.42 Å². The van der Waals surface area contributed by atoms with E-state index in [9.17, 15) is 8.42 Å². The van der Waals surface area contributed by atoms with Crippen molar-refractivity contribution in [1.29, 1.82) is 0 Å². The van der Waals surface area contributed by atoms with Crippen LogP contribution in [0.3, 0.4) is 0 Å². The van der Waals surface area contributed by atoms with Gasteiger partial charge in [0.15, 0.2) is 9.84 Å². The van der Waals surface area contributed by atoms with Gasteiger partial charge >= 0.3 is 0 Å². The quantitative estimate of drug-likeness (QED) is 0.931. The van der Waals surface area contributed by atoms with Crippen LogP contribution in [0.1, 0.15) is 25.0 Å². The molecular weight excluding hydrogens is 260 g/mol. The summed E-state index contributed by atoms with van der Waals surface area (Å²) in [6.45, 7) is 3.89. The van der Waals surface area contributed by atoms with Crippen LogP contribution in [0.5, 0.6) is 0 Å². The summed E-state index contributed by atoms with van der Waals surface area (Å²) in [4.78, 5) is 0. The highest BCUT2D eigenvalue weighted by molar-refractivity contribution is 7.91. The molecule has 5 heteroatoms. The van der Waals surface area contributed by atoms with E-state index in [1.165, 1.54) is 0 Å². The van der Waals surface area contributed by atoms with Crippen LogP contribution in [0.15, 0.2) is 24.4 Å². The number of hydrogen-bond acceptors (Lipinski definition) is 3. The van der Waals surface area contributed by atoms with Crippen LogP contribution in [0.2, 0.25) is 0 Å². The van der Waals surface area contributed by atoms with Crippen LogP contribution in [-0.4, -0.2) is 18.2 Å². The maximum absolute atomic E-state index is 12.1. The van der Waals surface area contributed by atoms with E-state index in [1.807, 2.05) is 36.0 Å². The second kappa shape index (κ2) is 4.98. The Morgan fingerprint density at radius 1 is 1.32 bits per heavy atom. The molecule has 1 aromatic carbocycles. The van der Waals surface area contributed by atoms with Gasteiger partial charge in [0.25, 0.3) is 0 Å². The fraction of sp³-hybridized carbons (Fsp3) is 0.429. The van der Waals surface area contributed by atoms with Crippen LogP contribution in [0.25, 0.3) is 10.9 Å². The lowest BCUT2D eigenvalue weighted by Crippen LogP contribution is -2.15.